The fraction of sp³-hybridized carbons (Fsp3) is 0.545. The zero-order valence-corrected chi connectivity index (χ0v) is 18.2. The molecule has 0 aliphatic carbocycles. The normalized spacial score (nSPS) is 18.7. The van der Waals surface area contributed by atoms with Crippen molar-refractivity contribution in [3.63, 3.8) is 0 Å². The van der Waals surface area contributed by atoms with Crippen LogP contribution in [0.15, 0.2) is 30.3 Å². The molecule has 1 aromatic rings. The van der Waals surface area contributed by atoms with Crippen LogP contribution in [0.4, 0.5) is 9.59 Å². The van der Waals surface area contributed by atoms with Crippen LogP contribution in [-0.2, 0) is 20.8 Å². The second kappa shape index (κ2) is 11.2. The Morgan fingerprint density at radius 2 is 1.97 bits per heavy atom. The third-order valence-corrected chi connectivity index (χ3v) is 4.88. The first kappa shape index (κ1) is 24.0. The van der Waals surface area contributed by atoms with Gasteiger partial charge in [0.25, 0.3) is 5.91 Å². The smallest absolute Gasteiger partial charge is 0.409 e. The second-order valence-corrected chi connectivity index (χ2v) is 7.92. The highest BCUT2D eigenvalue weighted by Crippen LogP contribution is 2.22. The quantitative estimate of drug-likeness (QED) is 0.654. The first-order valence-corrected chi connectivity index (χ1v) is 10.4. The van der Waals surface area contributed by atoms with Crippen LogP contribution in [-0.4, -0.2) is 54.3 Å². The molecule has 168 valence electrons. The van der Waals surface area contributed by atoms with Crippen molar-refractivity contribution in [3.8, 4) is 6.07 Å². The molecule has 1 aliphatic rings. The largest absolute Gasteiger partial charge is 0.450 e. The third kappa shape index (κ3) is 7.17. The molecule has 2 unspecified atom stereocenters. The van der Waals surface area contributed by atoms with Gasteiger partial charge >= 0.3 is 12.2 Å². The Hall–Kier alpha value is -3.28. The lowest BCUT2D eigenvalue weighted by Gasteiger charge is -2.26. The van der Waals surface area contributed by atoms with Gasteiger partial charge in [0, 0.05) is 19.5 Å². The van der Waals surface area contributed by atoms with Crippen molar-refractivity contribution in [1.29, 1.82) is 5.26 Å². The number of carbonyl (C=O) groups is 3. The average Bonchev–Trinajstić information content (AvgIpc) is 3.17. The van der Waals surface area contributed by atoms with Crippen molar-refractivity contribution >= 4 is 18.1 Å². The Kier molecular flexibility index (Phi) is 8.67. The van der Waals surface area contributed by atoms with Gasteiger partial charge in [-0.05, 0) is 24.8 Å². The Bertz CT molecular complexity index is 808. The predicted octanol–water partition coefficient (Wildman–Crippen LogP) is 2.57. The van der Waals surface area contributed by atoms with E-state index >= 15 is 0 Å². The topological polar surface area (TPSA) is 121 Å². The molecule has 1 heterocycles. The van der Waals surface area contributed by atoms with E-state index in [1.807, 2.05) is 44.2 Å². The van der Waals surface area contributed by atoms with Gasteiger partial charge in [-0.3, -0.25) is 4.79 Å². The zero-order chi connectivity index (χ0) is 22.9. The fourth-order valence-electron chi connectivity index (χ4n) is 3.30. The molecule has 2 N–H and O–H groups in total. The van der Waals surface area contributed by atoms with Gasteiger partial charge in [-0.25, -0.2) is 9.59 Å². The molecule has 3 amide bonds. The zero-order valence-electron chi connectivity index (χ0n) is 18.2. The van der Waals surface area contributed by atoms with Gasteiger partial charge in [-0.15, -0.1) is 0 Å². The first-order chi connectivity index (χ1) is 14.8. The van der Waals surface area contributed by atoms with Crippen LogP contribution in [0.1, 0.15) is 39.2 Å². The van der Waals surface area contributed by atoms with Crippen LogP contribution in [0, 0.1) is 17.2 Å². The molecular weight excluding hydrogens is 400 g/mol. The highest BCUT2D eigenvalue weighted by molar-refractivity contribution is 5.84. The van der Waals surface area contributed by atoms with Gasteiger partial charge in [0.05, 0.1) is 19.2 Å². The van der Waals surface area contributed by atoms with Crippen LogP contribution >= 0.6 is 0 Å². The van der Waals surface area contributed by atoms with Crippen LogP contribution in [0.5, 0.6) is 0 Å². The Morgan fingerprint density at radius 1 is 1.26 bits per heavy atom. The molecule has 0 spiro atoms. The molecule has 0 bridgehead atoms. The number of hydrogen-bond acceptors (Lipinski definition) is 6. The van der Waals surface area contributed by atoms with E-state index in [9.17, 15) is 19.6 Å². The van der Waals surface area contributed by atoms with E-state index in [2.05, 4.69) is 16.7 Å². The lowest BCUT2D eigenvalue weighted by atomic mass is 9.99. The summed E-state index contributed by atoms with van der Waals surface area (Å²) in [4.78, 5) is 38.5. The van der Waals surface area contributed by atoms with E-state index in [4.69, 9.17) is 9.47 Å². The molecule has 9 nitrogen and oxygen atoms in total. The van der Waals surface area contributed by atoms with E-state index in [1.54, 1.807) is 6.92 Å². The number of rotatable bonds is 8. The third-order valence-electron chi connectivity index (χ3n) is 4.88. The SMILES string of the molecule is CCOC(=O)N1CCC(C#N)(NC(=O)C(CC(C)C)OC(=O)NCc2ccccc2)C1. The van der Waals surface area contributed by atoms with Crippen LogP contribution in [0.25, 0.3) is 0 Å². The number of amides is 3. The molecule has 2 atom stereocenters. The summed E-state index contributed by atoms with van der Waals surface area (Å²) in [5.74, 6) is -0.480. The lowest BCUT2D eigenvalue weighted by molar-refractivity contribution is -0.131. The highest BCUT2D eigenvalue weighted by atomic mass is 16.6. The number of nitrogens with zero attached hydrogens (tertiary/aromatic N) is 2. The maximum atomic E-state index is 12.9. The number of alkyl carbamates (subject to hydrolysis) is 1. The number of hydrogen-bond donors (Lipinski definition) is 2. The summed E-state index contributed by atoms with van der Waals surface area (Å²) in [7, 11) is 0. The summed E-state index contributed by atoms with van der Waals surface area (Å²) in [6.07, 6.45) is -1.73. The van der Waals surface area contributed by atoms with Gasteiger partial charge in [0.2, 0.25) is 0 Å². The van der Waals surface area contributed by atoms with E-state index < -0.39 is 29.7 Å². The first-order valence-electron chi connectivity index (χ1n) is 10.4. The molecule has 9 heteroatoms. The number of ether oxygens (including phenoxy) is 2. The molecule has 2 rings (SSSR count). The molecule has 1 saturated heterocycles. The average molecular weight is 431 g/mol. The van der Waals surface area contributed by atoms with Gasteiger partial charge in [-0.2, -0.15) is 5.26 Å². The van der Waals surface area contributed by atoms with E-state index in [-0.39, 0.29) is 32.0 Å². The number of nitrogens with one attached hydrogen (secondary N) is 2. The molecule has 1 aromatic carbocycles. The molecule has 0 radical (unpaired) electrons. The lowest BCUT2D eigenvalue weighted by Crippen LogP contribution is -2.54. The highest BCUT2D eigenvalue weighted by Gasteiger charge is 2.43. The minimum atomic E-state index is -1.25. The van der Waals surface area contributed by atoms with E-state index in [1.165, 1.54) is 4.90 Å². The molecule has 31 heavy (non-hydrogen) atoms. The van der Waals surface area contributed by atoms with Crippen molar-refractivity contribution < 1.29 is 23.9 Å². The number of carbonyl (C=O) groups excluding carboxylic acids is 3. The fourth-order valence-corrected chi connectivity index (χ4v) is 3.30. The summed E-state index contributed by atoms with van der Waals surface area (Å²) in [5.41, 5.74) is -0.346. The van der Waals surface area contributed by atoms with Crippen LogP contribution in [0.2, 0.25) is 0 Å². The molecular formula is C22H30N4O5. The Morgan fingerprint density at radius 3 is 2.58 bits per heavy atom. The summed E-state index contributed by atoms with van der Waals surface area (Å²) >= 11 is 0. The van der Waals surface area contributed by atoms with Gasteiger partial charge in [0.15, 0.2) is 6.10 Å². The second-order valence-electron chi connectivity index (χ2n) is 7.92. The van der Waals surface area contributed by atoms with Crippen LogP contribution < -0.4 is 10.6 Å². The number of likely N-dealkylation sites (tertiary alicyclic amines) is 1. The summed E-state index contributed by atoms with van der Waals surface area (Å²) in [6.45, 7) is 6.32. The summed E-state index contributed by atoms with van der Waals surface area (Å²) in [6, 6.07) is 11.4. The molecule has 1 fully saturated rings. The summed E-state index contributed by atoms with van der Waals surface area (Å²) < 4.78 is 10.4. The van der Waals surface area contributed by atoms with Crippen molar-refractivity contribution in [2.45, 2.75) is 51.8 Å². The van der Waals surface area contributed by atoms with E-state index in [0.717, 1.165) is 5.56 Å². The minimum absolute atomic E-state index is 0.0165. The number of benzene rings is 1. The van der Waals surface area contributed by atoms with Crippen molar-refractivity contribution in [1.82, 2.24) is 15.5 Å². The monoisotopic (exact) mass is 430 g/mol. The van der Waals surface area contributed by atoms with Gasteiger partial charge < -0.3 is 25.0 Å². The standard InChI is InChI=1S/C22H30N4O5/c1-4-30-21(29)26-11-10-22(14-23,15-26)25-19(27)18(12-16(2)3)31-20(28)24-13-17-8-6-5-7-9-17/h5-9,16,18H,4,10-13,15H2,1-3H3,(H,24,28)(H,25,27). The molecule has 0 aromatic heterocycles. The van der Waals surface area contributed by atoms with E-state index in [0.29, 0.717) is 13.0 Å². The number of nitriles is 1. The Labute approximate surface area is 182 Å². The maximum absolute atomic E-state index is 12.9. The maximum Gasteiger partial charge on any atom is 0.409 e. The Balaban J connectivity index is 1.99. The summed E-state index contributed by atoms with van der Waals surface area (Å²) in [5, 5.41) is 15.0. The molecule has 0 saturated carbocycles. The van der Waals surface area contributed by atoms with Crippen molar-refractivity contribution in [2.75, 3.05) is 19.7 Å². The minimum Gasteiger partial charge on any atom is -0.450 e. The predicted molar refractivity (Wildman–Crippen MR) is 113 cm³/mol. The molecule has 1 aliphatic heterocycles. The van der Waals surface area contributed by atoms with Crippen molar-refractivity contribution in [2.24, 2.45) is 5.92 Å². The van der Waals surface area contributed by atoms with Crippen molar-refractivity contribution in [3.05, 3.63) is 35.9 Å². The van der Waals surface area contributed by atoms with Crippen LogP contribution in [0.3, 0.4) is 0 Å². The van der Waals surface area contributed by atoms with Gasteiger partial charge in [-0.1, -0.05) is 44.2 Å². The van der Waals surface area contributed by atoms with Gasteiger partial charge in [0.1, 0.15) is 5.54 Å².